The monoisotopic (exact) mass is 317 g/mol. The number of carbonyl (C=O) groups excluding carboxylic acids is 1. The predicted molar refractivity (Wildman–Crippen MR) is 73.2 cm³/mol. The lowest BCUT2D eigenvalue weighted by Gasteiger charge is -2.18. The van der Waals surface area contributed by atoms with E-state index in [1.807, 2.05) is 13.8 Å². The molecule has 2 heterocycles. The van der Waals surface area contributed by atoms with Crippen molar-refractivity contribution >= 4 is 11.9 Å². The first-order valence-electron chi connectivity index (χ1n) is 7.18. The van der Waals surface area contributed by atoms with Crippen molar-refractivity contribution in [2.75, 3.05) is 18.4 Å². The zero-order valence-corrected chi connectivity index (χ0v) is 12.4. The Labute approximate surface area is 126 Å². The zero-order valence-electron chi connectivity index (χ0n) is 12.4. The lowest BCUT2D eigenvalue weighted by Crippen LogP contribution is -2.39. The van der Waals surface area contributed by atoms with Gasteiger partial charge >= 0.3 is 6.18 Å². The van der Waals surface area contributed by atoms with Crippen LogP contribution in [-0.4, -0.2) is 51.3 Å². The predicted octanol–water partition coefficient (Wildman–Crippen LogP) is 1.57. The van der Waals surface area contributed by atoms with E-state index in [2.05, 4.69) is 20.5 Å². The molecule has 1 unspecified atom stereocenters. The number of hydrogen-bond acceptors (Lipinski definition) is 5. The van der Waals surface area contributed by atoms with Gasteiger partial charge < -0.3 is 10.2 Å². The molecule has 1 aliphatic rings. The fraction of sp³-hybridized carbons (Fsp3) is 0.692. The number of alkyl halides is 3. The number of anilines is 1. The molecule has 0 bridgehead atoms. The molecular formula is C13H18F3N5O. The second-order valence-electron chi connectivity index (χ2n) is 5.10. The Morgan fingerprint density at radius 1 is 1.23 bits per heavy atom. The Kier molecular flexibility index (Phi) is 4.82. The van der Waals surface area contributed by atoms with E-state index < -0.39 is 24.7 Å². The molecule has 122 valence electrons. The van der Waals surface area contributed by atoms with Crippen molar-refractivity contribution in [1.29, 1.82) is 0 Å². The summed E-state index contributed by atoms with van der Waals surface area (Å²) in [5.74, 6) is -0.403. The second kappa shape index (κ2) is 6.45. The normalized spacial score (nSPS) is 18.9. The lowest BCUT2D eigenvalue weighted by atomic mass is 10.2. The SMILES string of the molecule is CCc1nnc(NC2CCN(CC(F)(F)F)C2=O)nc1CC. The first-order chi connectivity index (χ1) is 10.3. The van der Waals surface area contributed by atoms with E-state index in [1.54, 1.807) is 0 Å². The summed E-state index contributed by atoms with van der Waals surface area (Å²) < 4.78 is 37.1. The van der Waals surface area contributed by atoms with Crippen molar-refractivity contribution in [3.05, 3.63) is 11.4 Å². The highest BCUT2D eigenvalue weighted by Crippen LogP contribution is 2.22. The summed E-state index contributed by atoms with van der Waals surface area (Å²) in [4.78, 5) is 17.0. The number of carbonyl (C=O) groups is 1. The van der Waals surface area contributed by atoms with Crippen molar-refractivity contribution in [3.8, 4) is 0 Å². The molecule has 1 fully saturated rings. The molecule has 0 spiro atoms. The van der Waals surface area contributed by atoms with E-state index in [9.17, 15) is 18.0 Å². The van der Waals surface area contributed by atoms with Crippen LogP contribution in [0.3, 0.4) is 0 Å². The average molecular weight is 317 g/mol. The van der Waals surface area contributed by atoms with Crippen LogP contribution in [0.15, 0.2) is 0 Å². The molecule has 2 rings (SSSR count). The minimum absolute atomic E-state index is 0.0666. The number of halogens is 3. The minimum Gasteiger partial charge on any atom is -0.341 e. The third kappa shape index (κ3) is 3.83. The van der Waals surface area contributed by atoms with E-state index in [4.69, 9.17) is 0 Å². The molecule has 1 aliphatic heterocycles. The lowest BCUT2D eigenvalue weighted by molar-refractivity contribution is -0.157. The highest BCUT2D eigenvalue weighted by molar-refractivity contribution is 5.86. The molecule has 9 heteroatoms. The van der Waals surface area contributed by atoms with Gasteiger partial charge in [-0.05, 0) is 19.3 Å². The van der Waals surface area contributed by atoms with E-state index in [-0.39, 0.29) is 18.9 Å². The summed E-state index contributed by atoms with van der Waals surface area (Å²) in [6.45, 7) is 2.71. The molecule has 1 saturated heterocycles. The summed E-state index contributed by atoms with van der Waals surface area (Å²) in [6.07, 6.45) is -2.73. The van der Waals surface area contributed by atoms with Crippen molar-refractivity contribution in [3.63, 3.8) is 0 Å². The van der Waals surface area contributed by atoms with E-state index in [0.717, 1.165) is 16.3 Å². The number of amides is 1. The molecule has 1 aromatic rings. The second-order valence-corrected chi connectivity index (χ2v) is 5.10. The molecule has 1 amide bonds. The van der Waals surface area contributed by atoms with Crippen molar-refractivity contribution in [1.82, 2.24) is 20.1 Å². The van der Waals surface area contributed by atoms with Crippen LogP contribution in [0.1, 0.15) is 31.7 Å². The average Bonchev–Trinajstić information content (AvgIpc) is 2.78. The molecule has 0 saturated carbocycles. The quantitative estimate of drug-likeness (QED) is 0.892. The van der Waals surface area contributed by atoms with Gasteiger partial charge in [-0.1, -0.05) is 13.8 Å². The molecule has 22 heavy (non-hydrogen) atoms. The smallest absolute Gasteiger partial charge is 0.341 e. The number of aromatic nitrogens is 3. The zero-order chi connectivity index (χ0) is 16.3. The number of likely N-dealkylation sites (tertiary alicyclic amines) is 1. The Morgan fingerprint density at radius 3 is 2.50 bits per heavy atom. The summed E-state index contributed by atoms with van der Waals surface area (Å²) >= 11 is 0. The van der Waals surface area contributed by atoms with Crippen LogP contribution in [-0.2, 0) is 17.6 Å². The van der Waals surface area contributed by atoms with Crippen LogP contribution in [0.5, 0.6) is 0 Å². The molecule has 1 atom stereocenters. The Morgan fingerprint density at radius 2 is 1.91 bits per heavy atom. The highest BCUT2D eigenvalue weighted by Gasteiger charge is 2.39. The standard InChI is InChI=1S/C13H18F3N5O/c1-3-8-9(4-2)19-20-12(17-8)18-10-5-6-21(11(10)22)7-13(14,15)16/h10H,3-7H2,1-2H3,(H,17,18,20). The number of aryl methyl sites for hydroxylation is 2. The topological polar surface area (TPSA) is 71.0 Å². The van der Waals surface area contributed by atoms with Gasteiger partial charge in [-0.3, -0.25) is 4.79 Å². The number of nitrogens with zero attached hydrogens (tertiary/aromatic N) is 4. The van der Waals surface area contributed by atoms with Crippen LogP contribution in [0, 0.1) is 0 Å². The van der Waals surface area contributed by atoms with Gasteiger partial charge in [0.15, 0.2) is 0 Å². The Balaban J connectivity index is 2.04. The molecule has 1 N–H and O–H groups in total. The van der Waals surface area contributed by atoms with E-state index in [0.29, 0.717) is 12.8 Å². The minimum atomic E-state index is -4.39. The van der Waals surface area contributed by atoms with Crippen LogP contribution in [0.4, 0.5) is 19.1 Å². The van der Waals surface area contributed by atoms with Gasteiger partial charge in [-0.25, -0.2) is 4.98 Å². The first-order valence-corrected chi connectivity index (χ1v) is 7.18. The number of hydrogen-bond donors (Lipinski definition) is 1. The molecule has 6 nitrogen and oxygen atoms in total. The Bertz CT molecular complexity index is 549. The van der Waals surface area contributed by atoms with Crippen LogP contribution in [0.2, 0.25) is 0 Å². The molecule has 0 radical (unpaired) electrons. The first kappa shape index (κ1) is 16.4. The summed E-state index contributed by atoms with van der Waals surface area (Å²) in [5, 5.41) is 10.7. The largest absolute Gasteiger partial charge is 0.406 e. The van der Waals surface area contributed by atoms with Crippen LogP contribution in [0.25, 0.3) is 0 Å². The fourth-order valence-corrected chi connectivity index (χ4v) is 2.40. The third-order valence-electron chi connectivity index (χ3n) is 3.48. The van der Waals surface area contributed by atoms with Crippen LogP contribution >= 0.6 is 0 Å². The van der Waals surface area contributed by atoms with Crippen molar-refractivity contribution in [2.24, 2.45) is 0 Å². The van der Waals surface area contributed by atoms with Gasteiger partial charge in [0.05, 0.1) is 11.4 Å². The van der Waals surface area contributed by atoms with Crippen LogP contribution < -0.4 is 5.32 Å². The van der Waals surface area contributed by atoms with Crippen molar-refractivity contribution in [2.45, 2.75) is 45.3 Å². The van der Waals surface area contributed by atoms with Gasteiger partial charge in [0.1, 0.15) is 12.6 Å². The maximum atomic E-state index is 12.4. The maximum absolute atomic E-state index is 12.4. The van der Waals surface area contributed by atoms with Crippen molar-refractivity contribution < 1.29 is 18.0 Å². The maximum Gasteiger partial charge on any atom is 0.406 e. The molecule has 0 aromatic carbocycles. The van der Waals surface area contributed by atoms with E-state index in [1.165, 1.54) is 0 Å². The number of rotatable bonds is 5. The number of nitrogens with one attached hydrogen (secondary N) is 1. The highest BCUT2D eigenvalue weighted by atomic mass is 19.4. The van der Waals surface area contributed by atoms with Gasteiger partial charge in [0, 0.05) is 6.54 Å². The third-order valence-corrected chi connectivity index (χ3v) is 3.48. The van der Waals surface area contributed by atoms with Gasteiger partial charge in [0.25, 0.3) is 0 Å². The summed E-state index contributed by atoms with van der Waals surface area (Å²) in [5.41, 5.74) is 1.56. The molecule has 0 aliphatic carbocycles. The fourth-order valence-electron chi connectivity index (χ4n) is 2.40. The molecular weight excluding hydrogens is 299 g/mol. The Hall–Kier alpha value is -1.93. The van der Waals surface area contributed by atoms with Gasteiger partial charge in [-0.2, -0.15) is 18.3 Å². The van der Waals surface area contributed by atoms with Gasteiger partial charge in [-0.15, -0.1) is 5.10 Å². The molecule has 1 aromatic heterocycles. The summed E-state index contributed by atoms with van der Waals surface area (Å²) in [6, 6.07) is -0.735. The van der Waals surface area contributed by atoms with Gasteiger partial charge in [0.2, 0.25) is 11.9 Å². The van der Waals surface area contributed by atoms with E-state index >= 15 is 0 Å². The summed E-state index contributed by atoms with van der Waals surface area (Å²) in [7, 11) is 0.